The first-order valence-electron chi connectivity index (χ1n) is 6.95. The van der Waals surface area contributed by atoms with Crippen LogP contribution in [0.25, 0.3) is 11.0 Å². The fourth-order valence-electron chi connectivity index (χ4n) is 2.59. The lowest BCUT2D eigenvalue weighted by Crippen LogP contribution is -2.29. The molecular weight excluding hydrogens is 314 g/mol. The SMILES string of the molecule is CCC(CC)(Cn1c(CCl)nc2c(F)cc(F)cc21)SC. The third-order valence-electron chi connectivity index (χ3n) is 4.14. The Balaban J connectivity index is 2.61. The summed E-state index contributed by atoms with van der Waals surface area (Å²) in [4.78, 5) is 4.24. The molecule has 2 rings (SSSR count). The molecule has 1 heterocycles. The van der Waals surface area contributed by atoms with E-state index in [1.807, 2.05) is 4.57 Å². The Hall–Kier alpha value is -0.810. The molecule has 2 nitrogen and oxygen atoms in total. The zero-order chi connectivity index (χ0) is 15.6. The Morgan fingerprint density at radius 2 is 1.95 bits per heavy atom. The molecule has 0 bridgehead atoms. The Kier molecular flexibility index (Phi) is 5.15. The highest BCUT2D eigenvalue weighted by molar-refractivity contribution is 8.00. The van der Waals surface area contributed by atoms with E-state index in [1.54, 1.807) is 11.8 Å². The van der Waals surface area contributed by atoms with E-state index in [1.165, 1.54) is 6.07 Å². The van der Waals surface area contributed by atoms with Crippen LogP contribution < -0.4 is 0 Å². The van der Waals surface area contributed by atoms with Crippen molar-refractivity contribution >= 4 is 34.4 Å². The van der Waals surface area contributed by atoms with Crippen molar-refractivity contribution < 1.29 is 8.78 Å². The molecule has 0 aliphatic rings. The van der Waals surface area contributed by atoms with Crippen LogP contribution >= 0.6 is 23.4 Å². The zero-order valence-electron chi connectivity index (χ0n) is 12.4. The summed E-state index contributed by atoms with van der Waals surface area (Å²) < 4.78 is 29.3. The van der Waals surface area contributed by atoms with Crippen molar-refractivity contribution in [1.82, 2.24) is 9.55 Å². The Bertz CT molecular complexity index is 630. The lowest BCUT2D eigenvalue weighted by molar-refractivity contribution is 0.466. The van der Waals surface area contributed by atoms with Gasteiger partial charge in [0.15, 0.2) is 5.82 Å². The molecule has 1 aromatic heterocycles. The van der Waals surface area contributed by atoms with Gasteiger partial charge in [0, 0.05) is 17.4 Å². The largest absolute Gasteiger partial charge is 0.325 e. The average Bonchev–Trinajstić information content (AvgIpc) is 2.83. The van der Waals surface area contributed by atoms with Gasteiger partial charge in [0.1, 0.15) is 17.2 Å². The van der Waals surface area contributed by atoms with Crippen LogP contribution in [0.4, 0.5) is 8.78 Å². The molecule has 1 aromatic carbocycles. The highest BCUT2D eigenvalue weighted by Gasteiger charge is 2.28. The van der Waals surface area contributed by atoms with Gasteiger partial charge in [0.2, 0.25) is 0 Å². The van der Waals surface area contributed by atoms with Gasteiger partial charge in [0.25, 0.3) is 0 Å². The maximum atomic E-state index is 13.9. The van der Waals surface area contributed by atoms with E-state index >= 15 is 0 Å². The third kappa shape index (κ3) is 3.04. The number of rotatable bonds is 6. The number of thioether (sulfide) groups is 1. The number of aromatic nitrogens is 2. The fourth-order valence-corrected chi connectivity index (χ4v) is 3.63. The van der Waals surface area contributed by atoms with Crippen LogP contribution in [0, 0.1) is 11.6 Å². The monoisotopic (exact) mass is 332 g/mol. The van der Waals surface area contributed by atoms with Crippen molar-refractivity contribution in [2.24, 2.45) is 0 Å². The number of fused-ring (bicyclic) bond motifs is 1. The molecule has 116 valence electrons. The molecular formula is C15H19ClF2N2S. The van der Waals surface area contributed by atoms with E-state index in [9.17, 15) is 8.78 Å². The summed E-state index contributed by atoms with van der Waals surface area (Å²) in [6.45, 7) is 4.89. The van der Waals surface area contributed by atoms with E-state index < -0.39 is 11.6 Å². The summed E-state index contributed by atoms with van der Waals surface area (Å²) in [6, 6.07) is 2.19. The van der Waals surface area contributed by atoms with E-state index in [0.29, 0.717) is 17.9 Å². The van der Waals surface area contributed by atoms with Crippen LogP contribution in [-0.4, -0.2) is 20.6 Å². The zero-order valence-corrected chi connectivity index (χ0v) is 14.0. The summed E-state index contributed by atoms with van der Waals surface area (Å²) in [5, 5.41) is 0. The number of nitrogens with zero attached hydrogens (tertiary/aromatic N) is 2. The van der Waals surface area contributed by atoms with Gasteiger partial charge in [-0.2, -0.15) is 11.8 Å². The molecule has 0 spiro atoms. The second-order valence-corrected chi connectivity index (χ2v) is 6.64. The molecule has 0 aliphatic carbocycles. The molecule has 0 aliphatic heterocycles. The van der Waals surface area contributed by atoms with Crippen molar-refractivity contribution in [3.8, 4) is 0 Å². The Morgan fingerprint density at radius 1 is 1.29 bits per heavy atom. The van der Waals surface area contributed by atoms with Crippen molar-refractivity contribution in [3.63, 3.8) is 0 Å². The molecule has 0 saturated heterocycles. The molecule has 0 radical (unpaired) electrons. The minimum Gasteiger partial charge on any atom is -0.325 e. The van der Waals surface area contributed by atoms with Gasteiger partial charge in [-0.3, -0.25) is 0 Å². The van der Waals surface area contributed by atoms with Gasteiger partial charge in [-0.15, -0.1) is 11.6 Å². The minimum absolute atomic E-state index is 0.0111. The van der Waals surface area contributed by atoms with E-state index in [2.05, 4.69) is 25.1 Å². The number of hydrogen-bond acceptors (Lipinski definition) is 2. The van der Waals surface area contributed by atoms with Crippen molar-refractivity contribution in [3.05, 3.63) is 29.6 Å². The smallest absolute Gasteiger partial charge is 0.153 e. The minimum atomic E-state index is -0.641. The average molecular weight is 333 g/mol. The van der Waals surface area contributed by atoms with Crippen LogP contribution in [0.1, 0.15) is 32.5 Å². The predicted molar refractivity (Wildman–Crippen MR) is 86.0 cm³/mol. The second kappa shape index (κ2) is 6.53. The molecule has 6 heteroatoms. The summed E-state index contributed by atoms with van der Waals surface area (Å²) in [6.07, 6.45) is 3.99. The van der Waals surface area contributed by atoms with Gasteiger partial charge in [0.05, 0.1) is 11.4 Å². The summed E-state index contributed by atoms with van der Waals surface area (Å²) in [5.74, 6) is -0.479. The standard InChI is InChI=1S/C15H19ClF2N2S/c1-4-15(5-2,21-3)9-20-12-7-10(17)6-11(18)14(12)19-13(20)8-16/h6-7H,4-5,8-9H2,1-3H3. The topological polar surface area (TPSA) is 17.8 Å². The first-order chi connectivity index (χ1) is 10.00. The first-order valence-corrected chi connectivity index (χ1v) is 8.71. The van der Waals surface area contributed by atoms with Crippen LogP contribution in [0.5, 0.6) is 0 Å². The quantitative estimate of drug-likeness (QED) is 0.695. The molecule has 0 atom stereocenters. The first kappa shape index (κ1) is 16.6. The molecule has 0 N–H and O–H groups in total. The molecule has 0 fully saturated rings. The van der Waals surface area contributed by atoms with Crippen LogP contribution in [-0.2, 0) is 12.4 Å². The van der Waals surface area contributed by atoms with Gasteiger partial charge >= 0.3 is 0 Å². The summed E-state index contributed by atoms with van der Waals surface area (Å²) >= 11 is 7.72. The number of imidazole rings is 1. The number of benzene rings is 1. The van der Waals surface area contributed by atoms with E-state index in [-0.39, 0.29) is 16.1 Å². The highest BCUT2D eigenvalue weighted by atomic mass is 35.5. The molecule has 21 heavy (non-hydrogen) atoms. The Labute approximate surface area is 132 Å². The number of hydrogen-bond donors (Lipinski definition) is 0. The van der Waals surface area contributed by atoms with Crippen LogP contribution in [0.3, 0.4) is 0 Å². The lowest BCUT2D eigenvalue weighted by atomic mass is 10.0. The van der Waals surface area contributed by atoms with E-state index in [0.717, 1.165) is 18.9 Å². The van der Waals surface area contributed by atoms with Gasteiger partial charge in [-0.1, -0.05) is 13.8 Å². The van der Waals surface area contributed by atoms with Gasteiger partial charge in [-0.25, -0.2) is 13.8 Å². The highest BCUT2D eigenvalue weighted by Crippen LogP contribution is 2.34. The van der Waals surface area contributed by atoms with E-state index in [4.69, 9.17) is 11.6 Å². The third-order valence-corrected chi connectivity index (χ3v) is 5.95. The second-order valence-electron chi connectivity index (χ2n) is 5.10. The van der Waals surface area contributed by atoms with Crippen molar-refractivity contribution in [2.45, 2.75) is 43.9 Å². The van der Waals surface area contributed by atoms with Crippen molar-refractivity contribution in [1.29, 1.82) is 0 Å². The van der Waals surface area contributed by atoms with Gasteiger partial charge in [-0.05, 0) is 25.2 Å². The maximum Gasteiger partial charge on any atom is 0.153 e. The Morgan fingerprint density at radius 3 is 2.48 bits per heavy atom. The number of halogens is 3. The predicted octanol–water partition coefficient (Wildman–Crippen LogP) is 4.98. The maximum absolute atomic E-state index is 13.9. The van der Waals surface area contributed by atoms with Crippen LogP contribution in [0.2, 0.25) is 0 Å². The van der Waals surface area contributed by atoms with Crippen molar-refractivity contribution in [2.75, 3.05) is 6.26 Å². The normalized spacial score (nSPS) is 12.3. The fraction of sp³-hybridized carbons (Fsp3) is 0.533. The summed E-state index contributed by atoms with van der Waals surface area (Å²) in [5.41, 5.74) is 0.665. The van der Waals surface area contributed by atoms with Gasteiger partial charge < -0.3 is 4.57 Å². The number of alkyl halides is 1. The lowest BCUT2D eigenvalue weighted by Gasteiger charge is -2.31. The summed E-state index contributed by atoms with van der Waals surface area (Å²) in [7, 11) is 0. The molecule has 0 saturated carbocycles. The van der Waals surface area contributed by atoms with Crippen LogP contribution in [0.15, 0.2) is 12.1 Å². The molecule has 2 aromatic rings. The molecule has 0 unspecified atom stereocenters. The molecule has 0 amide bonds.